The predicted molar refractivity (Wildman–Crippen MR) is 99.2 cm³/mol. The van der Waals surface area contributed by atoms with Crippen LogP contribution in [0.3, 0.4) is 0 Å². The molecule has 4 unspecified atom stereocenters. The summed E-state index contributed by atoms with van der Waals surface area (Å²) in [6, 6.07) is 0.387. The van der Waals surface area contributed by atoms with Gasteiger partial charge in [-0.05, 0) is 38.1 Å². The number of ether oxygens (including phenoxy) is 1. The molecule has 1 amide bonds. The first-order chi connectivity index (χ1) is 13.5. The smallest absolute Gasteiger partial charge is 0.306 e. The van der Waals surface area contributed by atoms with Gasteiger partial charge in [-0.25, -0.2) is 0 Å². The average molecular weight is 391 g/mol. The Morgan fingerprint density at radius 1 is 1.25 bits per heavy atom. The van der Waals surface area contributed by atoms with Crippen LogP contribution in [0, 0.1) is 17.8 Å². The number of hydrogen-bond donors (Lipinski definition) is 1. The predicted octanol–water partition coefficient (Wildman–Crippen LogP) is 0.458. The number of methoxy groups -OCH3 is 1. The molecule has 4 atom stereocenters. The fourth-order valence-electron chi connectivity index (χ4n) is 5.05. The van der Waals surface area contributed by atoms with Gasteiger partial charge in [0.25, 0.3) is 0 Å². The van der Waals surface area contributed by atoms with E-state index < -0.39 is 5.97 Å². The van der Waals surface area contributed by atoms with E-state index in [9.17, 15) is 9.59 Å². The summed E-state index contributed by atoms with van der Waals surface area (Å²) in [5.41, 5.74) is 0.830. The SMILES string of the molecule is COCc1cn(CC2CC3CCN2CC3C(=O)N2CCC(C(=O)O)CC2)nn1. The van der Waals surface area contributed by atoms with Crippen LogP contribution in [-0.4, -0.2) is 81.1 Å². The monoisotopic (exact) mass is 391 g/mol. The first-order valence-electron chi connectivity index (χ1n) is 10.2. The summed E-state index contributed by atoms with van der Waals surface area (Å²) < 4.78 is 6.98. The van der Waals surface area contributed by atoms with E-state index in [0.29, 0.717) is 44.5 Å². The number of amides is 1. The van der Waals surface area contributed by atoms with Crippen molar-refractivity contribution in [3.8, 4) is 0 Å². The number of likely N-dealkylation sites (tertiary alicyclic amines) is 1. The Labute approximate surface area is 164 Å². The van der Waals surface area contributed by atoms with Gasteiger partial charge in [-0.3, -0.25) is 19.2 Å². The molecule has 9 heteroatoms. The molecular formula is C19H29N5O4. The van der Waals surface area contributed by atoms with Gasteiger partial charge in [0, 0.05) is 32.8 Å². The van der Waals surface area contributed by atoms with Gasteiger partial charge >= 0.3 is 5.97 Å². The fraction of sp³-hybridized carbons (Fsp3) is 0.789. The van der Waals surface area contributed by atoms with Crippen LogP contribution >= 0.6 is 0 Å². The van der Waals surface area contributed by atoms with Gasteiger partial charge < -0.3 is 14.7 Å². The standard InChI is InChI=1S/C19H29N5O4/c1-28-12-15-9-24(21-20-15)10-16-8-14-4-7-23(16)11-17(14)18(25)22-5-2-13(3-6-22)19(26)27/h9,13-14,16-17H,2-8,10-12H2,1H3,(H,26,27). The Morgan fingerprint density at radius 2 is 2.04 bits per heavy atom. The number of nitrogens with zero attached hydrogens (tertiary/aromatic N) is 5. The lowest BCUT2D eigenvalue weighted by molar-refractivity contribution is -0.150. The number of carboxylic acid groups (broad SMARTS) is 1. The molecule has 5 rings (SSSR count). The Bertz CT molecular complexity index is 715. The number of aromatic nitrogens is 3. The number of piperidine rings is 4. The minimum atomic E-state index is -0.737. The van der Waals surface area contributed by atoms with E-state index in [1.54, 1.807) is 7.11 Å². The van der Waals surface area contributed by atoms with Gasteiger partial charge in [-0.15, -0.1) is 5.10 Å². The van der Waals surface area contributed by atoms with E-state index in [4.69, 9.17) is 9.84 Å². The summed E-state index contributed by atoms with van der Waals surface area (Å²) in [6.45, 7) is 4.23. The molecule has 1 aromatic rings. The van der Waals surface area contributed by atoms with E-state index >= 15 is 0 Å². The molecule has 0 aliphatic carbocycles. The number of carbonyl (C=O) groups is 2. The summed E-state index contributed by atoms with van der Waals surface area (Å²) in [7, 11) is 1.64. The number of hydrogen-bond acceptors (Lipinski definition) is 6. The lowest BCUT2D eigenvalue weighted by Gasteiger charge is -2.50. The molecule has 4 aliphatic rings. The lowest BCUT2D eigenvalue weighted by atomic mass is 9.74. The first-order valence-corrected chi connectivity index (χ1v) is 10.2. The molecule has 154 valence electrons. The molecule has 0 spiro atoms. The van der Waals surface area contributed by atoms with Crippen molar-refractivity contribution in [1.29, 1.82) is 0 Å². The van der Waals surface area contributed by atoms with Crippen molar-refractivity contribution >= 4 is 11.9 Å². The molecule has 0 radical (unpaired) electrons. The Kier molecular flexibility index (Phi) is 5.63. The number of carboxylic acids is 1. The van der Waals surface area contributed by atoms with Gasteiger partial charge in [0.2, 0.25) is 5.91 Å². The minimum Gasteiger partial charge on any atom is -0.481 e. The summed E-state index contributed by atoms with van der Waals surface area (Å²) in [6.07, 6.45) is 5.14. The average Bonchev–Trinajstić information content (AvgIpc) is 3.15. The summed E-state index contributed by atoms with van der Waals surface area (Å²) in [4.78, 5) is 28.5. The van der Waals surface area contributed by atoms with Crippen LogP contribution in [0.5, 0.6) is 0 Å². The molecule has 4 saturated heterocycles. The largest absolute Gasteiger partial charge is 0.481 e. The van der Waals surface area contributed by atoms with Gasteiger partial charge in [-0.2, -0.15) is 0 Å². The molecule has 2 bridgehead atoms. The molecule has 0 aromatic carbocycles. The van der Waals surface area contributed by atoms with E-state index in [1.807, 2.05) is 15.8 Å². The number of aliphatic carboxylic acids is 1. The van der Waals surface area contributed by atoms with Crippen LogP contribution in [0.4, 0.5) is 0 Å². The molecule has 9 nitrogen and oxygen atoms in total. The second-order valence-electron chi connectivity index (χ2n) is 8.34. The zero-order valence-corrected chi connectivity index (χ0v) is 16.4. The zero-order chi connectivity index (χ0) is 19.7. The second kappa shape index (κ2) is 8.16. The summed E-state index contributed by atoms with van der Waals surface area (Å²) in [5, 5.41) is 17.5. The van der Waals surface area contributed by atoms with Gasteiger partial charge in [0.15, 0.2) is 0 Å². The van der Waals surface area contributed by atoms with Crippen molar-refractivity contribution in [1.82, 2.24) is 24.8 Å². The van der Waals surface area contributed by atoms with Crippen molar-refractivity contribution in [3.05, 3.63) is 11.9 Å². The van der Waals surface area contributed by atoms with E-state index in [0.717, 1.165) is 38.2 Å². The van der Waals surface area contributed by atoms with Crippen LogP contribution in [0.1, 0.15) is 31.4 Å². The summed E-state index contributed by atoms with van der Waals surface area (Å²) >= 11 is 0. The number of fused-ring (bicyclic) bond motifs is 3. The Hall–Kier alpha value is -2.00. The highest BCUT2D eigenvalue weighted by Gasteiger charge is 2.45. The highest BCUT2D eigenvalue weighted by atomic mass is 16.5. The molecular weight excluding hydrogens is 362 g/mol. The minimum absolute atomic E-state index is 0.0474. The van der Waals surface area contributed by atoms with E-state index in [2.05, 4.69) is 15.2 Å². The molecule has 4 aliphatic heterocycles. The van der Waals surface area contributed by atoms with Crippen molar-refractivity contribution in [3.63, 3.8) is 0 Å². The normalized spacial score (nSPS) is 30.5. The number of rotatable bonds is 6. The van der Waals surface area contributed by atoms with Crippen LogP contribution in [0.25, 0.3) is 0 Å². The highest BCUT2D eigenvalue weighted by molar-refractivity contribution is 5.80. The van der Waals surface area contributed by atoms with Crippen LogP contribution in [0.2, 0.25) is 0 Å². The quantitative estimate of drug-likeness (QED) is 0.752. The molecule has 1 aromatic heterocycles. The third-order valence-corrected chi connectivity index (χ3v) is 6.63. The third-order valence-electron chi connectivity index (χ3n) is 6.63. The van der Waals surface area contributed by atoms with E-state index in [1.165, 1.54) is 0 Å². The molecule has 4 fully saturated rings. The fourth-order valence-corrected chi connectivity index (χ4v) is 5.05. The van der Waals surface area contributed by atoms with Crippen LogP contribution in [0.15, 0.2) is 6.20 Å². The maximum absolute atomic E-state index is 13.1. The molecule has 1 N–H and O–H groups in total. The van der Waals surface area contributed by atoms with Crippen molar-refractivity contribution < 1.29 is 19.4 Å². The Morgan fingerprint density at radius 3 is 2.68 bits per heavy atom. The highest BCUT2D eigenvalue weighted by Crippen LogP contribution is 2.38. The molecule has 5 heterocycles. The summed E-state index contributed by atoms with van der Waals surface area (Å²) in [5.74, 6) is -0.363. The van der Waals surface area contributed by atoms with Gasteiger partial charge in [0.1, 0.15) is 5.69 Å². The third kappa shape index (κ3) is 3.91. The first kappa shape index (κ1) is 19.3. The number of carbonyl (C=O) groups excluding carboxylic acids is 1. The van der Waals surface area contributed by atoms with Crippen molar-refractivity contribution in [2.75, 3.05) is 33.3 Å². The Balaban J connectivity index is 1.33. The molecule has 0 saturated carbocycles. The molecule has 28 heavy (non-hydrogen) atoms. The second-order valence-corrected chi connectivity index (χ2v) is 8.34. The maximum atomic E-state index is 13.1. The maximum Gasteiger partial charge on any atom is 0.306 e. The van der Waals surface area contributed by atoms with Crippen LogP contribution < -0.4 is 0 Å². The van der Waals surface area contributed by atoms with E-state index in [-0.39, 0.29) is 17.7 Å². The van der Waals surface area contributed by atoms with Crippen LogP contribution in [-0.2, 0) is 27.5 Å². The van der Waals surface area contributed by atoms with Gasteiger partial charge in [-0.1, -0.05) is 5.21 Å². The van der Waals surface area contributed by atoms with Crippen molar-refractivity contribution in [2.24, 2.45) is 17.8 Å². The van der Waals surface area contributed by atoms with Crippen molar-refractivity contribution in [2.45, 2.75) is 44.9 Å². The lowest BCUT2D eigenvalue weighted by Crippen LogP contribution is -2.59. The zero-order valence-electron chi connectivity index (χ0n) is 16.4. The van der Waals surface area contributed by atoms with Gasteiger partial charge in [0.05, 0.1) is 31.2 Å². The topological polar surface area (TPSA) is 101 Å².